The number of fused-ring (bicyclic) bond motifs is 1. The lowest BCUT2D eigenvalue weighted by atomic mass is 10.1. The van der Waals surface area contributed by atoms with Crippen LogP contribution >= 0.6 is 31.9 Å². The molecule has 0 atom stereocenters. The third-order valence-corrected chi connectivity index (χ3v) is 5.36. The molecule has 2 aromatic carbocycles. The number of halogens is 2. The van der Waals surface area contributed by atoms with Crippen LogP contribution in [0, 0.1) is 0 Å². The molecule has 0 spiro atoms. The van der Waals surface area contributed by atoms with Crippen molar-refractivity contribution in [1.82, 2.24) is 10.2 Å². The molecule has 22 heavy (non-hydrogen) atoms. The second-order valence-corrected chi connectivity index (χ2v) is 6.57. The van der Waals surface area contributed by atoms with Gasteiger partial charge in [0.1, 0.15) is 0 Å². The van der Waals surface area contributed by atoms with Gasteiger partial charge in [-0.2, -0.15) is 5.10 Å². The third-order valence-electron chi connectivity index (χ3n) is 3.48. The van der Waals surface area contributed by atoms with Crippen molar-refractivity contribution in [1.29, 1.82) is 0 Å². The summed E-state index contributed by atoms with van der Waals surface area (Å²) in [6.07, 6.45) is 0. The fourth-order valence-electron chi connectivity index (χ4n) is 2.34. The molecule has 0 fully saturated rings. The van der Waals surface area contributed by atoms with E-state index in [2.05, 4.69) is 42.1 Å². The van der Waals surface area contributed by atoms with Crippen molar-refractivity contribution in [2.24, 2.45) is 0 Å². The maximum atomic E-state index is 5.41. The molecule has 0 radical (unpaired) electrons. The molecule has 4 rings (SSSR count). The summed E-state index contributed by atoms with van der Waals surface area (Å²) >= 11 is 6.99. The quantitative estimate of drug-likeness (QED) is 0.633. The molecule has 3 aromatic rings. The van der Waals surface area contributed by atoms with Crippen molar-refractivity contribution >= 4 is 31.9 Å². The fraction of sp³-hybridized carbons (Fsp3) is 0.0625. The number of ether oxygens (including phenoxy) is 2. The Morgan fingerprint density at radius 3 is 2.55 bits per heavy atom. The lowest BCUT2D eigenvalue weighted by molar-refractivity contribution is 0.174. The van der Waals surface area contributed by atoms with Gasteiger partial charge >= 0.3 is 0 Å². The molecule has 0 saturated heterocycles. The Hall–Kier alpha value is -1.79. The van der Waals surface area contributed by atoms with E-state index in [0.717, 1.165) is 43.0 Å². The van der Waals surface area contributed by atoms with Gasteiger partial charge in [-0.25, -0.2) is 0 Å². The Morgan fingerprint density at radius 1 is 0.864 bits per heavy atom. The van der Waals surface area contributed by atoms with Crippen LogP contribution in [0.25, 0.3) is 22.5 Å². The number of H-pyrrole nitrogens is 1. The van der Waals surface area contributed by atoms with E-state index in [1.165, 1.54) is 0 Å². The predicted octanol–water partition coefficient (Wildman–Crippen LogP) is 5.00. The highest BCUT2D eigenvalue weighted by Crippen LogP contribution is 2.36. The van der Waals surface area contributed by atoms with Gasteiger partial charge < -0.3 is 9.47 Å². The molecule has 110 valence electrons. The van der Waals surface area contributed by atoms with E-state index in [-0.39, 0.29) is 6.79 Å². The first-order chi connectivity index (χ1) is 10.7. The number of benzene rings is 2. The Kier molecular flexibility index (Phi) is 3.43. The number of nitrogens with zero attached hydrogens (tertiary/aromatic N) is 1. The first-order valence-corrected chi connectivity index (χ1v) is 8.20. The molecule has 1 aliphatic rings. The second-order valence-electron chi connectivity index (χ2n) is 4.86. The average Bonchev–Trinajstić information content (AvgIpc) is 3.17. The molecule has 1 aliphatic heterocycles. The maximum absolute atomic E-state index is 5.41. The highest BCUT2D eigenvalue weighted by Gasteiger charge is 2.15. The molecule has 2 heterocycles. The van der Waals surface area contributed by atoms with Gasteiger partial charge in [0, 0.05) is 20.1 Å². The van der Waals surface area contributed by atoms with Crippen LogP contribution in [-0.2, 0) is 0 Å². The van der Waals surface area contributed by atoms with Crippen LogP contribution < -0.4 is 9.47 Å². The molecule has 0 saturated carbocycles. The first kappa shape index (κ1) is 13.8. The van der Waals surface area contributed by atoms with Crippen LogP contribution in [0.5, 0.6) is 11.5 Å². The van der Waals surface area contributed by atoms with Crippen LogP contribution in [0.1, 0.15) is 0 Å². The molecule has 4 nitrogen and oxygen atoms in total. The minimum absolute atomic E-state index is 0.278. The van der Waals surface area contributed by atoms with Crippen LogP contribution in [0.3, 0.4) is 0 Å². The lowest BCUT2D eigenvalue weighted by Gasteiger charge is -2.00. The van der Waals surface area contributed by atoms with Gasteiger partial charge in [0.2, 0.25) is 6.79 Å². The van der Waals surface area contributed by atoms with Crippen molar-refractivity contribution in [3.8, 4) is 34.0 Å². The zero-order valence-electron chi connectivity index (χ0n) is 11.3. The molecular weight excluding hydrogens is 412 g/mol. The summed E-state index contributed by atoms with van der Waals surface area (Å²) in [6.45, 7) is 0.278. The van der Waals surface area contributed by atoms with E-state index < -0.39 is 0 Å². The third kappa shape index (κ3) is 2.42. The molecule has 6 heteroatoms. The Labute approximate surface area is 143 Å². The SMILES string of the molecule is Brc1ccc(-c2cc(-c3ccc4c(c3)OCO4)[nH]n2)cc1Br. The highest BCUT2D eigenvalue weighted by atomic mass is 79.9. The molecule has 1 aromatic heterocycles. The summed E-state index contributed by atoms with van der Waals surface area (Å²) < 4.78 is 12.8. The van der Waals surface area contributed by atoms with Crippen molar-refractivity contribution in [2.45, 2.75) is 0 Å². The summed E-state index contributed by atoms with van der Waals surface area (Å²) in [5.74, 6) is 1.54. The Morgan fingerprint density at radius 2 is 1.68 bits per heavy atom. The van der Waals surface area contributed by atoms with Crippen molar-refractivity contribution < 1.29 is 9.47 Å². The summed E-state index contributed by atoms with van der Waals surface area (Å²) in [4.78, 5) is 0. The number of hydrogen-bond donors (Lipinski definition) is 1. The van der Waals surface area contributed by atoms with Gasteiger partial charge in [-0.1, -0.05) is 6.07 Å². The fourth-order valence-corrected chi connectivity index (χ4v) is 2.96. The van der Waals surface area contributed by atoms with Crippen molar-refractivity contribution in [3.05, 3.63) is 51.4 Å². The van der Waals surface area contributed by atoms with Crippen LogP contribution in [0.2, 0.25) is 0 Å². The van der Waals surface area contributed by atoms with Crippen LogP contribution in [-0.4, -0.2) is 17.0 Å². The van der Waals surface area contributed by atoms with Gasteiger partial charge in [-0.15, -0.1) is 0 Å². The van der Waals surface area contributed by atoms with Crippen molar-refractivity contribution in [3.63, 3.8) is 0 Å². The van der Waals surface area contributed by atoms with E-state index in [4.69, 9.17) is 9.47 Å². The smallest absolute Gasteiger partial charge is 0.231 e. The normalized spacial score (nSPS) is 12.6. The molecule has 0 bridgehead atoms. The maximum Gasteiger partial charge on any atom is 0.231 e. The largest absolute Gasteiger partial charge is 0.454 e. The van der Waals surface area contributed by atoms with E-state index in [1.807, 2.05) is 42.5 Å². The van der Waals surface area contributed by atoms with Gasteiger partial charge in [0.15, 0.2) is 11.5 Å². The Balaban J connectivity index is 1.70. The molecule has 0 aliphatic carbocycles. The number of aromatic amines is 1. The summed E-state index contributed by atoms with van der Waals surface area (Å²) in [5.41, 5.74) is 3.88. The van der Waals surface area contributed by atoms with Gasteiger partial charge in [0.05, 0.1) is 11.4 Å². The summed E-state index contributed by atoms with van der Waals surface area (Å²) in [5, 5.41) is 7.47. The average molecular weight is 422 g/mol. The van der Waals surface area contributed by atoms with Gasteiger partial charge in [-0.3, -0.25) is 5.10 Å². The van der Waals surface area contributed by atoms with E-state index in [0.29, 0.717) is 0 Å². The minimum atomic E-state index is 0.278. The molecule has 0 amide bonds. The Bertz CT molecular complexity index is 861. The van der Waals surface area contributed by atoms with Gasteiger partial charge in [-0.05, 0) is 68.3 Å². The number of nitrogens with one attached hydrogen (secondary N) is 1. The minimum Gasteiger partial charge on any atom is -0.454 e. The number of aromatic nitrogens is 2. The monoisotopic (exact) mass is 420 g/mol. The molecule has 0 unspecified atom stereocenters. The topological polar surface area (TPSA) is 47.1 Å². The number of rotatable bonds is 2. The standard InChI is InChI=1S/C16H10Br2N2O2/c17-11-3-1-9(5-12(11)18)13-7-14(20-19-13)10-2-4-15-16(6-10)22-8-21-15/h1-7H,8H2,(H,19,20). The van der Waals surface area contributed by atoms with E-state index >= 15 is 0 Å². The zero-order chi connectivity index (χ0) is 15.1. The van der Waals surface area contributed by atoms with Crippen LogP contribution in [0.4, 0.5) is 0 Å². The lowest BCUT2D eigenvalue weighted by Crippen LogP contribution is -1.92. The second kappa shape index (κ2) is 5.44. The van der Waals surface area contributed by atoms with E-state index in [1.54, 1.807) is 0 Å². The predicted molar refractivity (Wildman–Crippen MR) is 91.0 cm³/mol. The summed E-state index contributed by atoms with van der Waals surface area (Å²) in [7, 11) is 0. The zero-order valence-corrected chi connectivity index (χ0v) is 14.4. The van der Waals surface area contributed by atoms with Gasteiger partial charge in [0.25, 0.3) is 0 Å². The highest BCUT2D eigenvalue weighted by molar-refractivity contribution is 9.13. The van der Waals surface area contributed by atoms with E-state index in [9.17, 15) is 0 Å². The first-order valence-electron chi connectivity index (χ1n) is 6.61. The van der Waals surface area contributed by atoms with Crippen LogP contribution in [0.15, 0.2) is 51.4 Å². The van der Waals surface area contributed by atoms with Crippen molar-refractivity contribution in [2.75, 3.05) is 6.79 Å². The molecular formula is C16H10Br2N2O2. The number of hydrogen-bond acceptors (Lipinski definition) is 3. The summed E-state index contributed by atoms with van der Waals surface area (Å²) in [6, 6.07) is 13.9. The molecule has 1 N–H and O–H groups in total.